The first kappa shape index (κ1) is 16.3. The van der Waals surface area contributed by atoms with Crippen LogP contribution in [-0.2, 0) is 4.79 Å². The van der Waals surface area contributed by atoms with Crippen LogP contribution < -0.4 is 10.6 Å². The lowest BCUT2D eigenvalue weighted by atomic mass is 10.1. The number of benzene rings is 1. The van der Waals surface area contributed by atoms with Crippen molar-refractivity contribution in [3.63, 3.8) is 0 Å². The standard InChI is InChI=1S/C18H24N2O2/c1-3-15(4-2)19-17(21)12-7-13-5-8-14(9-6-13)18(22)20-16-10-11-16/h5-9,12,15-16H,3-4,10-11H2,1-2H3,(H,19,21)(H,20,22)/b12-7+. The Kier molecular flexibility index (Phi) is 5.75. The third-order valence-electron chi connectivity index (χ3n) is 3.84. The van der Waals surface area contributed by atoms with E-state index >= 15 is 0 Å². The predicted octanol–water partition coefficient (Wildman–Crippen LogP) is 2.90. The summed E-state index contributed by atoms with van der Waals surface area (Å²) in [4.78, 5) is 23.7. The zero-order chi connectivity index (χ0) is 15.9. The zero-order valence-electron chi connectivity index (χ0n) is 13.3. The van der Waals surface area contributed by atoms with Crippen molar-refractivity contribution in [2.24, 2.45) is 0 Å². The fourth-order valence-corrected chi connectivity index (χ4v) is 2.16. The van der Waals surface area contributed by atoms with E-state index in [-0.39, 0.29) is 17.9 Å². The first-order chi connectivity index (χ1) is 10.6. The SMILES string of the molecule is CCC(CC)NC(=O)/C=C/c1ccc(C(=O)NC2CC2)cc1. The summed E-state index contributed by atoms with van der Waals surface area (Å²) in [6.45, 7) is 4.12. The van der Waals surface area contributed by atoms with Crippen molar-refractivity contribution in [1.82, 2.24) is 10.6 Å². The monoisotopic (exact) mass is 300 g/mol. The molecule has 1 fully saturated rings. The second kappa shape index (κ2) is 7.78. The predicted molar refractivity (Wildman–Crippen MR) is 88.5 cm³/mol. The minimum absolute atomic E-state index is 0.0236. The summed E-state index contributed by atoms with van der Waals surface area (Å²) >= 11 is 0. The van der Waals surface area contributed by atoms with Gasteiger partial charge in [0.25, 0.3) is 5.91 Å². The van der Waals surface area contributed by atoms with Gasteiger partial charge in [-0.15, -0.1) is 0 Å². The van der Waals surface area contributed by atoms with Crippen LogP contribution in [0.15, 0.2) is 30.3 Å². The summed E-state index contributed by atoms with van der Waals surface area (Å²) in [6.07, 6.45) is 7.33. The van der Waals surface area contributed by atoms with Gasteiger partial charge in [-0.1, -0.05) is 26.0 Å². The molecule has 0 aromatic heterocycles. The molecule has 118 valence electrons. The largest absolute Gasteiger partial charge is 0.350 e. The lowest BCUT2D eigenvalue weighted by Gasteiger charge is -2.12. The average molecular weight is 300 g/mol. The molecule has 1 aromatic rings. The van der Waals surface area contributed by atoms with Crippen LogP contribution in [-0.4, -0.2) is 23.9 Å². The summed E-state index contributed by atoms with van der Waals surface area (Å²) in [7, 11) is 0. The van der Waals surface area contributed by atoms with Gasteiger partial charge in [0.05, 0.1) is 0 Å². The fourth-order valence-electron chi connectivity index (χ4n) is 2.16. The van der Waals surface area contributed by atoms with Gasteiger partial charge < -0.3 is 10.6 Å². The number of carbonyl (C=O) groups is 2. The Hall–Kier alpha value is -2.10. The molecule has 0 heterocycles. The Balaban J connectivity index is 1.88. The third kappa shape index (κ3) is 5.02. The van der Waals surface area contributed by atoms with Crippen LogP contribution in [0.5, 0.6) is 0 Å². The van der Waals surface area contributed by atoms with Crippen LogP contribution >= 0.6 is 0 Å². The highest BCUT2D eigenvalue weighted by molar-refractivity contribution is 5.95. The number of hydrogen-bond acceptors (Lipinski definition) is 2. The van der Waals surface area contributed by atoms with Crippen LogP contribution in [0.1, 0.15) is 55.5 Å². The molecule has 0 unspecified atom stereocenters. The lowest BCUT2D eigenvalue weighted by molar-refractivity contribution is -0.117. The summed E-state index contributed by atoms with van der Waals surface area (Å²) in [5.41, 5.74) is 1.56. The molecule has 0 radical (unpaired) electrons. The second-order valence-electron chi connectivity index (χ2n) is 5.73. The molecule has 0 atom stereocenters. The Morgan fingerprint density at radius 3 is 2.36 bits per heavy atom. The molecule has 1 aromatic carbocycles. The number of hydrogen-bond donors (Lipinski definition) is 2. The highest BCUT2D eigenvalue weighted by Crippen LogP contribution is 2.19. The van der Waals surface area contributed by atoms with E-state index in [2.05, 4.69) is 24.5 Å². The van der Waals surface area contributed by atoms with Crippen molar-refractivity contribution in [3.8, 4) is 0 Å². The highest BCUT2D eigenvalue weighted by Gasteiger charge is 2.23. The molecule has 0 spiro atoms. The molecule has 1 aliphatic carbocycles. The quantitative estimate of drug-likeness (QED) is 0.761. The van der Waals surface area contributed by atoms with E-state index in [1.807, 2.05) is 12.1 Å². The van der Waals surface area contributed by atoms with Gasteiger partial charge in [-0.25, -0.2) is 0 Å². The van der Waals surface area contributed by atoms with Gasteiger partial charge in [-0.05, 0) is 49.5 Å². The molecule has 2 rings (SSSR count). The summed E-state index contributed by atoms with van der Waals surface area (Å²) < 4.78 is 0. The Morgan fingerprint density at radius 1 is 1.18 bits per heavy atom. The smallest absolute Gasteiger partial charge is 0.251 e. The first-order valence-corrected chi connectivity index (χ1v) is 8.01. The maximum Gasteiger partial charge on any atom is 0.251 e. The van der Waals surface area contributed by atoms with Gasteiger partial charge in [0.2, 0.25) is 5.91 Å². The van der Waals surface area contributed by atoms with Gasteiger partial charge in [-0.3, -0.25) is 9.59 Å². The van der Waals surface area contributed by atoms with Gasteiger partial charge in [0, 0.05) is 23.7 Å². The third-order valence-corrected chi connectivity index (χ3v) is 3.84. The molecule has 1 saturated carbocycles. The van der Waals surface area contributed by atoms with E-state index in [1.165, 1.54) is 6.08 Å². The average Bonchev–Trinajstić information content (AvgIpc) is 3.35. The zero-order valence-corrected chi connectivity index (χ0v) is 13.3. The lowest BCUT2D eigenvalue weighted by Crippen LogP contribution is -2.32. The minimum atomic E-state index is -0.0794. The van der Waals surface area contributed by atoms with Gasteiger partial charge >= 0.3 is 0 Å². The molecule has 0 bridgehead atoms. The fraction of sp³-hybridized carbons (Fsp3) is 0.444. The molecule has 2 N–H and O–H groups in total. The van der Waals surface area contributed by atoms with Crippen LogP contribution in [0.4, 0.5) is 0 Å². The number of nitrogens with one attached hydrogen (secondary N) is 2. The van der Waals surface area contributed by atoms with Gasteiger partial charge in [0.1, 0.15) is 0 Å². The van der Waals surface area contributed by atoms with Crippen LogP contribution in [0.25, 0.3) is 6.08 Å². The van der Waals surface area contributed by atoms with E-state index < -0.39 is 0 Å². The van der Waals surface area contributed by atoms with Crippen molar-refractivity contribution in [2.75, 3.05) is 0 Å². The second-order valence-corrected chi connectivity index (χ2v) is 5.73. The Bertz CT molecular complexity index is 541. The molecular formula is C18H24N2O2. The van der Waals surface area contributed by atoms with E-state index in [9.17, 15) is 9.59 Å². The Labute approximate surface area is 132 Å². The molecule has 22 heavy (non-hydrogen) atoms. The summed E-state index contributed by atoms with van der Waals surface area (Å²) in [5, 5.41) is 5.91. The van der Waals surface area contributed by atoms with Crippen LogP contribution in [0.2, 0.25) is 0 Å². The van der Waals surface area contributed by atoms with Crippen LogP contribution in [0.3, 0.4) is 0 Å². The molecule has 0 aliphatic heterocycles. The maximum absolute atomic E-state index is 11.9. The molecule has 1 aliphatic rings. The van der Waals surface area contributed by atoms with Crippen LogP contribution in [0, 0.1) is 0 Å². The van der Waals surface area contributed by atoms with E-state index in [4.69, 9.17) is 0 Å². The van der Waals surface area contributed by atoms with E-state index in [0.29, 0.717) is 11.6 Å². The van der Waals surface area contributed by atoms with Crippen molar-refractivity contribution < 1.29 is 9.59 Å². The summed E-state index contributed by atoms with van der Waals surface area (Å²) in [6, 6.07) is 7.86. The summed E-state index contributed by atoms with van der Waals surface area (Å²) in [5.74, 6) is -0.103. The number of carbonyl (C=O) groups excluding carboxylic acids is 2. The molecule has 4 nitrogen and oxygen atoms in total. The van der Waals surface area contributed by atoms with Gasteiger partial charge in [0.15, 0.2) is 0 Å². The van der Waals surface area contributed by atoms with Crippen molar-refractivity contribution in [2.45, 2.75) is 51.6 Å². The minimum Gasteiger partial charge on any atom is -0.350 e. The molecule has 4 heteroatoms. The first-order valence-electron chi connectivity index (χ1n) is 8.01. The highest BCUT2D eigenvalue weighted by atomic mass is 16.2. The number of amides is 2. The van der Waals surface area contributed by atoms with E-state index in [0.717, 1.165) is 31.2 Å². The topological polar surface area (TPSA) is 58.2 Å². The Morgan fingerprint density at radius 2 is 1.82 bits per heavy atom. The molecule has 2 amide bonds. The van der Waals surface area contributed by atoms with E-state index in [1.54, 1.807) is 18.2 Å². The van der Waals surface area contributed by atoms with Crippen molar-refractivity contribution >= 4 is 17.9 Å². The van der Waals surface area contributed by atoms with Crippen molar-refractivity contribution in [1.29, 1.82) is 0 Å². The maximum atomic E-state index is 11.9. The molecule has 0 saturated heterocycles. The van der Waals surface area contributed by atoms with Crippen molar-refractivity contribution in [3.05, 3.63) is 41.5 Å². The molecular weight excluding hydrogens is 276 g/mol. The van der Waals surface area contributed by atoms with Gasteiger partial charge in [-0.2, -0.15) is 0 Å². The number of rotatable bonds is 7. The normalized spacial score (nSPS) is 14.3.